The molecule has 1 aliphatic carbocycles. The number of amides is 1. The van der Waals surface area contributed by atoms with Gasteiger partial charge >= 0.3 is 0 Å². The molecule has 1 heterocycles. The SMILES string of the molecule is Cc1ccc(C(=O)N(C)C2CCCC2)c(Cl)n1. The maximum absolute atomic E-state index is 12.3. The summed E-state index contributed by atoms with van der Waals surface area (Å²) >= 11 is 6.02. The van der Waals surface area contributed by atoms with Gasteiger partial charge in [-0.15, -0.1) is 0 Å². The molecule has 92 valence electrons. The molecule has 0 N–H and O–H groups in total. The highest BCUT2D eigenvalue weighted by molar-refractivity contribution is 6.32. The maximum Gasteiger partial charge on any atom is 0.256 e. The summed E-state index contributed by atoms with van der Waals surface area (Å²) in [5.74, 6) is -0.0191. The Morgan fingerprint density at radius 3 is 2.65 bits per heavy atom. The van der Waals surface area contributed by atoms with Gasteiger partial charge in [0.15, 0.2) is 0 Å². The monoisotopic (exact) mass is 252 g/mol. The van der Waals surface area contributed by atoms with E-state index in [0.29, 0.717) is 16.8 Å². The molecule has 0 atom stereocenters. The Morgan fingerprint density at radius 2 is 2.06 bits per heavy atom. The van der Waals surface area contributed by atoms with Crippen molar-refractivity contribution in [1.29, 1.82) is 0 Å². The lowest BCUT2D eigenvalue weighted by Crippen LogP contribution is -2.35. The van der Waals surface area contributed by atoms with Gasteiger partial charge in [-0.25, -0.2) is 4.98 Å². The molecule has 1 saturated carbocycles. The molecular weight excluding hydrogens is 236 g/mol. The van der Waals surface area contributed by atoms with Crippen molar-refractivity contribution >= 4 is 17.5 Å². The lowest BCUT2D eigenvalue weighted by atomic mass is 10.1. The lowest BCUT2D eigenvalue weighted by Gasteiger charge is -2.24. The summed E-state index contributed by atoms with van der Waals surface area (Å²) in [7, 11) is 1.86. The molecular formula is C13H17ClN2O. The van der Waals surface area contributed by atoms with E-state index in [1.165, 1.54) is 12.8 Å². The highest BCUT2D eigenvalue weighted by atomic mass is 35.5. The van der Waals surface area contributed by atoms with Gasteiger partial charge in [0.05, 0.1) is 5.56 Å². The number of rotatable bonds is 2. The van der Waals surface area contributed by atoms with Crippen molar-refractivity contribution < 1.29 is 4.79 Å². The van der Waals surface area contributed by atoms with Crippen molar-refractivity contribution in [2.75, 3.05) is 7.05 Å². The van der Waals surface area contributed by atoms with Crippen molar-refractivity contribution in [1.82, 2.24) is 9.88 Å². The summed E-state index contributed by atoms with van der Waals surface area (Å²) in [5, 5.41) is 0.305. The molecule has 0 spiro atoms. The van der Waals surface area contributed by atoms with Gasteiger partial charge in [-0.1, -0.05) is 24.4 Å². The predicted octanol–water partition coefficient (Wildman–Crippen LogP) is 3.06. The number of aryl methyl sites for hydroxylation is 1. The van der Waals surface area contributed by atoms with E-state index in [2.05, 4.69) is 4.98 Å². The molecule has 1 aromatic rings. The number of aromatic nitrogens is 1. The van der Waals surface area contributed by atoms with Crippen LogP contribution in [0.15, 0.2) is 12.1 Å². The average molecular weight is 253 g/mol. The van der Waals surface area contributed by atoms with E-state index in [1.807, 2.05) is 24.9 Å². The molecule has 1 aromatic heterocycles. The second-order valence-electron chi connectivity index (χ2n) is 4.65. The first-order valence-electron chi connectivity index (χ1n) is 6.00. The Balaban J connectivity index is 2.18. The normalized spacial score (nSPS) is 16.2. The van der Waals surface area contributed by atoms with Gasteiger partial charge in [-0.3, -0.25) is 4.79 Å². The first-order valence-corrected chi connectivity index (χ1v) is 6.37. The second-order valence-corrected chi connectivity index (χ2v) is 5.00. The van der Waals surface area contributed by atoms with Crippen LogP contribution >= 0.6 is 11.6 Å². The van der Waals surface area contributed by atoms with Crippen LogP contribution in [0.3, 0.4) is 0 Å². The van der Waals surface area contributed by atoms with E-state index >= 15 is 0 Å². The maximum atomic E-state index is 12.3. The van der Waals surface area contributed by atoms with Crippen molar-refractivity contribution in [3.63, 3.8) is 0 Å². The van der Waals surface area contributed by atoms with Gasteiger partial charge in [0, 0.05) is 18.8 Å². The van der Waals surface area contributed by atoms with Gasteiger partial charge < -0.3 is 4.90 Å². The second kappa shape index (κ2) is 5.05. The number of carbonyl (C=O) groups excluding carboxylic acids is 1. The Bertz CT molecular complexity index is 427. The van der Waals surface area contributed by atoms with Gasteiger partial charge in [-0.2, -0.15) is 0 Å². The van der Waals surface area contributed by atoms with Crippen LogP contribution in [0.25, 0.3) is 0 Å². The minimum Gasteiger partial charge on any atom is -0.339 e. The van der Waals surface area contributed by atoms with Crippen LogP contribution in [0, 0.1) is 6.92 Å². The highest BCUT2D eigenvalue weighted by Crippen LogP contribution is 2.25. The number of pyridine rings is 1. The van der Waals surface area contributed by atoms with Gasteiger partial charge in [0.2, 0.25) is 0 Å². The number of hydrogen-bond donors (Lipinski definition) is 0. The smallest absolute Gasteiger partial charge is 0.256 e. The molecule has 1 amide bonds. The number of carbonyl (C=O) groups is 1. The fourth-order valence-corrected chi connectivity index (χ4v) is 2.61. The van der Waals surface area contributed by atoms with Crippen LogP contribution in [-0.2, 0) is 0 Å². The summed E-state index contributed by atoms with van der Waals surface area (Å²) in [6.45, 7) is 1.86. The molecule has 0 bridgehead atoms. The van der Waals surface area contributed by atoms with Crippen LogP contribution in [0.1, 0.15) is 41.7 Å². The zero-order valence-corrected chi connectivity index (χ0v) is 11.0. The fraction of sp³-hybridized carbons (Fsp3) is 0.538. The predicted molar refractivity (Wildman–Crippen MR) is 68.3 cm³/mol. The first-order chi connectivity index (χ1) is 8.09. The number of nitrogens with zero attached hydrogens (tertiary/aromatic N) is 2. The third kappa shape index (κ3) is 2.60. The van der Waals surface area contributed by atoms with Gasteiger partial charge in [-0.05, 0) is 31.9 Å². The molecule has 0 aliphatic heterocycles. The molecule has 4 heteroatoms. The average Bonchev–Trinajstić information content (AvgIpc) is 2.80. The first kappa shape index (κ1) is 12.4. The Hall–Kier alpha value is -1.09. The molecule has 17 heavy (non-hydrogen) atoms. The van der Waals surface area contributed by atoms with Crippen molar-refractivity contribution in [3.8, 4) is 0 Å². The largest absolute Gasteiger partial charge is 0.339 e. The van der Waals surface area contributed by atoms with E-state index in [4.69, 9.17) is 11.6 Å². The van der Waals surface area contributed by atoms with E-state index in [9.17, 15) is 4.79 Å². The fourth-order valence-electron chi connectivity index (χ4n) is 2.33. The summed E-state index contributed by atoms with van der Waals surface area (Å²) in [5.41, 5.74) is 1.33. The lowest BCUT2D eigenvalue weighted by molar-refractivity contribution is 0.0735. The zero-order chi connectivity index (χ0) is 12.4. The summed E-state index contributed by atoms with van der Waals surface area (Å²) < 4.78 is 0. The molecule has 2 rings (SSSR count). The van der Waals surface area contributed by atoms with Gasteiger partial charge in [0.1, 0.15) is 5.15 Å². The third-order valence-corrected chi connectivity index (χ3v) is 3.70. The molecule has 0 unspecified atom stereocenters. The van der Waals surface area contributed by atoms with Crippen LogP contribution in [0.5, 0.6) is 0 Å². The van der Waals surface area contributed by atoms with Gasteiger partial charge in [0.25, 0.3) is 5.91 Å². The minimum atomic E-state index is -0.0191. The molecule has 0 saturated heterocycles. The third-order valence-electron chi connectivity index (χ3n) is 3.41. The van der Waals surface area contributed by atoms with Crippen LogP contribution in [0.4, 0.5) is 0 Å². The van der Waals surface area contributed by atoms with E-state index in [1.54, 1.807) is 6.07 Å². The summed E-state index contributed by atoms with van der Waals surface area (Å²) in [6.07, 6.45) is 4.61. The molecule has 0 aromatic carbocycles. The van der Waals surface area contributed by atoms with Crippen LogP contribution < -0.4 is 0 Å². The topological polar surface area (TPSA) is 33.2 Å². The number of hydrogen-bond acceptors (Lipinski definition) is 2. The van der Waals surface area contributed by atoms with Crippen molar-refractivity contribution in [3.05, 3.63) is 28.5 Å². The van der Waals surface area contributed by atoms with Crippen molar-refractivity contribution in [2.24, 2.45) is 0 Å². The van der Waals surface area contributed by atoms with E-state index in [-0.39, 0.29) is 5.91 Å². The molecule has 3 nitrogen and oxygen atoms in total. The Labute approximate surface area is 107 Å². The summed E-state index contributed by atoms with van der Waals surface area (Å²) in [4.78, 5) is 18.2. The molecule has 1 aliphatic rings. The highest BCUT2D eigenvalue weighted by Gasteiger charge is 2.25. The van der Waals surface area contributed by atoms with Crippen LogP contribution in [0.2, 0.25) is 5.15 Å². The quantitative estimate of drug-likeness (QED) is 0.758. The van der Waals surface area contributed by atoms with E-state index in [0.717, 1.165) is 18.5 Å². The molecule has 0 radical (unpaired) electrons. The Morgan fingerprint density at radius 1 is 1.41 bits per heavy atom. The number of halogens is 1. The standard InChI is InChI=1S/C13H17ClN2O/c1-9-7-8-11(12(14)15-9)13(17)16(2)10-5-3-4-6-10/h7-8,10H,3-6H2,1-2H3. The summed E-state index contributed by atoms with van der Waals surface area (Å²) in [6, 6.07) is 3.94. The van der Waals surface area contributed by atoms with E-state index < -0.39 is 0 Å². The Kier molecular flexibility index (Phi) is 3.67. The zero-order valence-electron chi connectivity index (χ0n) is 10.2. The minimum absolute atomic E-state index is 0.0191. The molecule has 1 fully saturated rings. The van der Waals surface area contributed by atoms with Crippen molar-refractivity contribution in [2.45, 2.75) is 38.6 Å². The van der Waals surface area contributed by atoms with Crippen LogP contribution in [-0.4, -0.2) is 28.9 Å².